The highest BCUT2D eigenvalue weighted by Gasteiger charge is 2.12. The molecule has 0 aliphatic carbocycles. The topological polar surface area (TPSA) is 69.3 Å². The van der Waals surface area contributed by atoms with Crippen LogP contribution in [0.3, 0.4) is 0 Å². The Bertz CT molecular complexity index is 768. The molecule has 0 bridgehead atoms. The Morgan fingerprint density at radius 2 is 1.92 bits per heavy atom. The zero-order chi connectivity index (χ0) is 17.5. The van der Waals surface area contributed by atoms with Gasteiger partial charge in [0.25, 0.3) is 5.91 Å². The van der Waals surface area contributed by atoms with Crippen molar-refractivity contribution in [3.05, 3.63) is 53.5 Å². The summed E-state index contributed by atoms with van der Waals surface area (Å²) < 4.78 is 18.5. The van der Waals surface area contributed by atoms with Gasteiger partial charge in [-0.2, -0.15) is 5.26 Å². The second-order valence-corrected chi connectivity index (χ2v) is 4.98. The van der Waals surface area contributed by atoms with Crippen molar-refractivity contribution in [2.24, 2.45) is 0 Å². The van der Waals surface area contributed by atoms with E-state index >= 15 is 0 Å². The summed E-state index contributed by atoms with van der Waals surface area (Å²) in [5.74, 6) is 0.124. The lowest BCUT2D eigenvalue weighted by molar-refractivity contribution is -0.112. The van der Waals surface area contributed by atoms with Crippen LogP contribution in [-0.4, -0.2) is 19.0 Å². The fourth-order valence-corrected chi connectivity index (χ4v) is 2.15. The summed E-state index contributed by atoms with van der Waals surface area (Å²) in [5, 5.41) is 11.7. The highest BCUT2D eigenvalue weighted by atomic mass is 19.1. The van der Waals surface area contributed by atoms with E-state index in [0.717, 1.165) is 13.1 Å². The quantitative estimate of drug-likeness (QED) is 0.647. The molecule has 24 heavy (non-hydrogen) atoms. The van der Waals surface area contributed by atoms with Gasteiger partial charge in [-0.1, -0.05) is 0 Å². The summed E-state index contributed by atoms with van der Waals surface area (Å²) in [6.45, 7) is 5.61. The third-order valence-corrected chi connectivity index (χ3v) is 3.44. The number of nitrogens with one attached hydrogen (secondary N) is 1. The van der Waals surface area contributed by atoms with Crippen molar-refractivity contribution in [2.45, 2.75) is 13.8 Å². The van der Waals surface area contributed by atoms with Crippen molar-refractivity contribution in [2.75, 3.05) is 23.3 Å². The molecular formula is C18H18FN3O2. The minimum absolute atomic E-state index is 0.0974. The number of anilines is 2. The molecule has 1 aromatic heterocycles. The maximum atomic E-state index is 12.9. The summed E-state index contributed by atoms with van der Waals surface area (Å²) in [6.07, 6.45) is 1.38. The molecule has 2 aromatic rings. The molecule has 1 heterocycles. The molecule has 1 N–H and O–H groups in total. The minimum atomic E-state index is -0.579. The van der Waals surface area contributed by atoms with Crippen LogP contribution in [0.25, 0.3) is 6.08 Å². The van der Waals surface area contributed by atoms with Crippen molar-refractivity contribution in [1.29, 1.82) is 5.26 Å². The molecule has 0 unspecified atom stereocenters. The average molecular weight is 327 g/mol. The number of furan rings is 1. The number of nitriles is 1. The molecule has 1 amide bonds. The van der Waals surface area contributed by atoms with Gasteiger partial charge in [0.05, 0.1) is 0 Å². The van der Waals surface area contributed by atoms with E-state index in [1.165, 1.54) is 30.3 Å². The van der Waals surface area contributed by atoms with Crippen LogP contribution in [0.1, 0.15) is 19.6 Å². The highest BCUT2D eigenvalue weighted by Crippen LogP contribution is 2.20. The molecule has 0 fully saturated rings. The van der Waals surface area contributed by atoms with Crippen molar-refractivity contribution < 1.29 is 13.6 Å². The molecule has 5 nitrogen and oxygen atoms in total. The molecule has 0 saturated heterocycles. The van der Waals surface area contributed by atoms with E-state index in [0.29, 0.717) is 17.3 Å². The number of hydrogen-bond acceptors (Lipinski definition) is 4. The Kier molecular flexibility index (Phi) is 5.74. The largest absolute Gasteiger partial charge is 0.441 e. The number of benzene rings is 1. The summed E-state index contributed by atoms with van der Waals surface area (Å²) in [4.78, 5) is 14.2. The first-order valence-electron chi connectivity index (χ1n) is 7.60. The first-order chi connectivity index (χ1) is 11.6. The molecule has 0 spiro atoms. The van der Waals surface area contributed by atoms with E-state index in [1.54, 1.807) is 12.1 Å². The monoisotopic (exact) mass is 327 g/mol. The Morgan fingerprint density at radius 3 is 2.50 bits per heavy atom. The van der Waals surface area contributed by atoms with Gasteiger partial charge in [-0.15, -0.1) is 0 Å². The summed E-state index contributed by atoms with van der Waals surface area (Å²) in [5.41, 5.74) is 0.311. The van der Waals surface area contributed by atoms with Gasteiger partial charge in [0, 0.05) is 30.9 Å². The van der Waals surface area contributed by atoms with E-state index in [4.69, 9.17) is 4.42 Å². The third kappa shape index (κ3) is 4.23. The summed E-state index contributed by atoms with van der Waals surface area (Å²) in [7, 11) is 0. The number of halogens is 1. The van der Waals surface area contributed by atoms with Gasteiger partial charge in [-0.25, -0.2) is 4.39 Å². The minimum Gasteiger partial charge on any atom is -0.441 e. The second-order valence-electron chi connectivity index (χ2n) is 4.98. The third-order valence-electron chi connectivity index (χ3n) is 3.44. The molecular weight excluding hydrogens is 309 g/mol. The van der Waals surface area contributed by atoms with Crippen molar-refractivity contribution in [3.63, 3.8) is 0 Å². The van der Waals surface area contributed by atoms with Crippen LogP contribution >= 0.6 is 0 Å². The average Bonchev–Trinajstić information content (AvgIpc) is 3.04. The zero-order valence-corrected chi connectivity index (χ0v) is 13.5. The SMILES string of the molecule is CCN(CC)c1ccc(/C=C(/C#N)C(=O)Nc2ccc(F)cc2)o1. The van der Waals surface area contributed by atoms with E-state index in [2.05, 4.69) is 5.32 Å². The van der Waals surface area contributed by atoms with E-state index < -0.39 is 11.7 Å². The maximum Gasteiger partial charge on any atom is 0.266 e. The van der Waals surface area contributed by atoms with Crippen molar-refractivity contribution >= 4 is 23.6 Å². The first kappa shape index (κ1) is 17.3. The Hall–Kier alpha value is -3.07. The van der Waals surface area contributed by atoms with Gasteiger partial charge in [-0.05, 0) is 44.2 Å². The number of nitrogens with zero attached hydrogens (tertiary/aromatic N) is 2. The normalized spacial score (nSPS) is 11.0. The molecule has 0 aliphatic heterocycles. The standard InChI is InChI=1S/C18H18FN3O2/c1-3-22(4-2)17-10-9-16(24-17)11-13(12-20)18(23)21-15-7-5-14(19)6-8-15/h5-11H,3-4H2,1-2H3,(H,21,23)/b13-11-. The second kappa shape index (κ2) is 7.97. The Labute approximate surface area is 140 Å². The number of amides is 1. The van der Waals surface area contributed by atoms with Crippen LogP contribution in [0.15, 0.2) is 46.4 Å². The van der Waals surface area contributed by atoms with Crippen LogP contribution in [0.2, 0.25) is 0 Å². The maximum absolute atomic E-state index is 12.9. The Morgan fingerprint density at radius 1 is 1.25 bits per heavy atom. The lowest BCUT2D eigenvalue weighted by Crippen LogP contribution is -2.20. The summed E-state index contributed by atoms with van der Waals surface area (Å²) >= 11 is 0. The van der Waals surface area contributed by atoms with Crippen molar-refractivity contribution in [1.82, 2.24) is 0 Å². The van der Waals surface area contributed by atoms with E-state index in [1.807, 2.05) is 24.8 Å². The van der Waals surface area contributed by atoms with E-state index in [-0.39, 0.29) is 5.57 Å². The number of carbonyl (C=O) groups excluding carboxylic acids is 1. The van der Waals surface area contributed by atoms with Gasteiger partial charge >= 0.3 is 0 Å². The first-order valence-corrected chi connectivity index (χ1v) is 7.60. The van der Waals surface area contributed by atoms with Gasteiger partial charge in [0.2, 0.25) is 0 Å². The fraction of sp³-hybridized carbons (Fsp3) is 0.222. The molecule has 124 valence electrons. The molecule has 2 rings (SSSR count). The molecule has 0 aliphatic rings. The predicted octanol–water partition coefficient (Wildman–Crippen LogP) is 3.81. The number of rotatable bonds is 6. The molecule has 0 saturated carbocycles. The highest BCUT2D eigenvalue weighted by molar-refractivity contribution is 6.09. The number of carbonyl (C=O) groups is 1. The molecule has 0 atom stereocenters. The van der Waals surface area contributed by atoms with E-state index in [9.17, 15) is 14.4 Å². The van der Waals surface area contributed by atoms with Crippen LogP contribution in [0.4, 0.5) is 16.0 Å². The Balaban J connectivity index is 2.15. The smallest absolute Gasteiger partial charge is 0.266 e. The fourth-order valence-electron chi connectivity index (χ4n) is 2.15. The molecule has 0 radical (unpaired) electrons. The van der Waals surface area contributed by atoms with Crippen molar-refractivity contribution in [3.8, 4) is 6.07 Å². The van der Waals surface area contributed by atoms with Crippen LogP contribution < -0.4 is 10.2 Å². The molecule has 6 heteroatoms. The van der Waals surface area contributed by atoms with Crippen LogP contribution in [-0.2, 0) is 4.79 Å². The van der Waals surface area contributed by atoms with Gasteiger partial charge in [0.15, 0.2) is 5.88 Å². The lowest BCUT2D eigenvalue weighted by Gasteiger charge is -2.16. The number of hydrogen-bond donors (Lipinski definition) is 1. The lowest BCUT2D eigenvalue weighted by atomic mass is 10.2. The van der Waals surface area contributed by atoms with Crippen LogP contribution in [0, 0.1) is 17.1 Å². The van der Waals surface area contributed by atoms with Gasteiger partial charge in [0.1, 0.15) is 23.2 Å². The van der Waals surface area contributed by atoms with Crippen LogP contribution in [0.5, 0.6) is 0 Å². The molecule has 1 aromatic carbocycles. The predicted molar refractivity (Wildman–Crippen MR) is 90.9 cm³/mol. The zero-order valence-electron chi connectivity index (χ0n) is 13.5. The van der Waals surface area contributed by atoms with Gasteiger partial charge in [-0.3, -0.25) is 4.79 Å². The van der Waals surface area contributed by atoms with Gasteiger partial charge < -0.3 is 14.6 Å². The summed E-state index contributed by atoms with van der Waals surface area (Å²) in [6, 6.07) is 10.7.